The number of halogens is 1. The SMILES string of the molecule is CCCCOCCCN1C(=O)C(Nc2ccc(OC)c(Cl)c2)=C(c2ccccc2)C1=O. The Morgan fingerprint density at radius 3 is 2.42 bits per heavy atom. The lowest BCUT2D eigenvalue weighted by Crippen LogP contribution is -2.34. The van der Waals surface area contributed by atoms with Gasteiger partial charge in [-0.2, -0.15) is 0 Å². The Bertz CT molecular complexity index is 959. The number of hydrogen-bond acceptors (Lipinski definition) is 5. The molecule has 0 aliphatic carbocycles. The molecule has 2 aromatic carbocycles. The molecule has 0 radical (unpaired) electrons. The largest absolute Gasteiger partial charge is 0.495 e. The second kappa shape index (κ2) is 11.0. The fourth-order valence-corrected chi connectivity index (χ4v) is 3.59. The highest BCUT2D eigenvalue weighted by Crippen LogP contribution is 2.33. The molecule has 1 aliphatic heterocycles. The Hall–Kier alpha value is -2.83. The number of ether oxygens (including phenoxy) is 2. The number of amides is 2. The molecule has 7 heteroatoms. The zero-order valence-electron chi connectivity index (χ0n) is 17.8. The van der Waals surface area contributed by atoms with E-state index in [1.165, 1.54) is 12.0 Å². The standard InChI is InChI=1S/C24H27ClN2O4/c1-3-4-14-31-15-8-13-27-23(28)21(17-9-6-5-7-10-17)22(24(27)29)26-18-11-12-20(30-2)19(25)16-18/h5-7,9-12,16,26H,3-4,8,13-15H2,1-2H3. The van der Waals surface area contributed by atoms with E-state index in [0.29, 0.717) is 53.8 Å². The van der Waals surface area contributed by atoms with Crippen LogP contribution < -0.4 is 10.1 Å². The zero-order chi connectivity index (χ0) is 22.2. The topological polar surface area (TPSA) is 67.9 Å². The molecule has 1 N–H and O–H groups in total. The lowest BCUT2D eigenvalue weighted by molar-refractivity contribution is -0.137. The van der Waals surface area contributed by atoms with E-state index in [1.54, 1.807) is 18.2 Å². The second-order valence-electron chi connectivity index (χ2n) is 7.17. The molecule has 0 saturated heterocycles. The predicted octanol–water partition coefficient (Wildman–Crippen LogP) is 4.75. The van der Waals surface area contributed by atoms with Crippen molar-refractivity contribution < 1.29 is 19.1 Å². The van der Waals surface area contributed by atoms with E-state index in [-0.39, 0.29) is 17.5 Å². The number of methoxy groups -OCH3 is 1. The van der Waals surface area contributed by atoms with Gasteiger partial charge in [0.05, 0.1) is 17.7 Å². The average Bonchev–Trinajstić information content (AvgIpc) is 3.01. The first-order valence-corrected chi connectivity index (χ1v) is 10.8. The predicted molar refractivity (Wildman–Crippen MR) is 122 cm³/mol. The number of rotatable bonds is 11. The Kier molecular flexibility index (Phi) is 8.09. The normalized spacial score (nSPS) is 13.8. The van der Waals surface area contributed by atoms with Crippen LogP contribution in [0.3, 0.4) is 0 Å². The first-order chi connectivity index (χ1) is 15.1. The smallest absolute Gasteiger partial charge is 0.278 e. The van der Waals surface area contributed by atoms with Gasteiger partial charge in [-0.15, -0.1) is 0 Å². The molecule has 0 saturated carbocycles. The van der Waals surface area contributed by atoms with Crippen molar-refractivity contribution in [3.8, 4) is 5.75 Å². The summed E-state index contributed by atoms with van der Waals surface area (Å²) in [6.45, 7) is 3.60. The summed E-state index contributed by atoms with van der Waals surface area (Å²) in [6, 6.07) is 14.3. The number of nitrogens with one attached hydrogen (secondary N) is 1. The number of imide groups is 1. The molecule has 6 nitrogen and oxygen atoms in total. The van der Waals surface area contributed by atoms with Crippen LogP contribution in [0.25, 0.3) is 5.57 Å². The fourth-order valence-electron chi connectivity index (χ4n) is 3.33. The van der Waals surface area contributed by atoms with Crippen molar-refractivity contribution >= 4 is 34.7 Å². The zero-order valence-corrected chi connectivity index (χ0v) is 18.6. The summed E-state index contributed by atoms with van der Waals surface area (Å²) in [5.41, 5.74) is 1.87. The fraction of sp³-hybridized carbons (Fsp3) is 0.333. The molecule has 0 bridgehead atoms. The minimum Gasteiger partial charge on any atom is -0.495 e. The van der Waals surface area contributed by atoms with Gasteiger partial charge in [-0.05, 0) is 36.6 Å². The van der Waals surface area contributed by atoms with E-state index in [4.69, 9.17) is 21.1 Å². The highest BCUT2D eigenvalue weighted by molar-refractivity contribution is 6.36. The van der Waals surface area contributed by atoms with Gasteiger partial charge in [0.25, 0.3) is 11.8 Å². The molecule has 31 heavy (non-hydrogen) atoms. The number of carbonyl (C=O) groups excluding carboxylic acids is 2. The number of unbranched alkanes of at least 4 members (excludes halogenated alkanes) is 1. The number of anilines is 1. The van der Waals surface area contributed by atoms with Gasteiger partial charge in [-0.1, -0.05) is 55.3 Å². The van der Waals surface area contributed by atoms with Crippen molar-refractivity contribution in [3.05, 3.63) is 64.8 Å². The summed E-state index contributed by atoms with van der Waals surface area (Å²) < 4.78 is 10.8. The quantitative estimate of drug-likeness (QED) is 0.402. The molecular formula is C24H27ClN2O4. The summed E-state index contributed by atoms with van der Waals surface area (Å²) in [4.78, 5) is 27.6. The summed E-state index contributed by atoms with van der Waals surface area (Å²) >= 11 is 6.23. The van der Waals surface area contributed by atoms with Crippen LogP contribution in [0.2, 0.25) is 5.02 Å². The lowest BCUT2D eigenvalue weighted by atomic mass is 10.0. The van der Waals surface area contributed by atoms with E-state index < -0.39 is 0 Å². The maximum Gasteiger partial charge on any atom is 0.278 e. The molecular weight excluding hydrogens is 416 g/mol. The Morgan fingerprint density at radius 1 is 1.00 bits per heavy atom. The van der Waals surface area contributed by atoms with E-state index in [2.05, 4.69) is 12.2 Å². The highest BCUT2D eigenvalue weighted by Gasteiger charge is 2.38. The Labute approximate surface area is 187 Å². The van der Waals surface area contributed by atoms with Gasteiger partial charge in [0.1, 0.15) is 11.4 Å². The van der Waals surface area contributed by atoms with E-state index in [9.17, 15) is 9.59 Å². The number of carbonyl (C=O) groups is 2. The van der Waals surface area contributed by atoms with Gasteiger partial charge in [0, 0.05) is 25.4 Å². The van der Waals surface area contributed by atoms with Crippen molar-refractivity contribution in [1.82, 2.24) is 4.90 Å². The first-order valence-electron chi connectivity index (χ1n) is 10.4. The first kappa shape index (κ1) is 22.8. The van der Waals surface area contributed by atoms with Crippen molar-refractivity contribution in [2.45, 2.75) is 26.2 Å². The molecule has 3 rings (SSSR count). The van der Waals surface area contributed by atoms with Crippen LogP contribution in [0.5, 0.6) is 5.75 Å². The van der Waals surface area contributed by atoms with Gasteiger partial charge in [-0.3, -0.25) is 14.5 Å². The molecule has 1 aliphatic rings. The van der Waals surface area contributed by atoms with E-state index in [0.717, 1.165) is 12.8 Å². The third-order valence-corrected chi connectivity index (χ3v) is 5.26. The molecule has 2 amide bonds. The van der Waals surface area contributed by atoms with Gasteiger partial charge in [-0.25, -0.2) is 0 Å². The van der Waals surface area contributed by atoms with Crippen LogP contribution in [0.1, 0.15) is 31.7 Å². The van der Waals surface area contributed by atoms with Gasteiger partial charge >= 0.3 is 0 Å². The molecule has 0 unspecified atom stereocenters. The maximum absolute atomic E-state index is 13.2. The summed E-state index contributed by atoms with van der Waals surface area (Å²) in [6.07, 6.45) is 2.66. The minimum absolute atomic E-state index is 0.240. The summed E-state index contributed by atoms with van der Waals surface area (Å²) in [5, 5.41) is 3.52. The van der Waals surface area contributed by atoms with Crippen LogP contribution in [-0.2, 0) is 14.3 Å². The number of hydrogen-bond donors (Lipinski definition) is 1. The third-order valence-electron chi connectivity index (χ3n) is 4.96. The number of nitrogens with zero attached hydrogens (tertiary/aromatic N) is 1. The van der Waals surface area contributed by atoms with Crippen molar-refractivity contribution in [3.63, 3.8) is 0 Å². The summed E-state index contributed by atoms with van der Waals surface area (Å²) in [5.74, 6) is -0.140. The van der Waals surface area contributed by atoms with Crippen LogP contribution in [0, 0.1) is 0 Å². The van der Waals surface area contributed by atoms with Gasteiger partial charge in [0.2, 0.25) is 0 Å². The van der Waals surface area contributed by atoms with Gasteiger partial charge < -0.3 is 14.8 Å². The highest BCUT2D eigenvalue weighted by atomic mass is 35.5. The third kappa shape index (κ3) is 5.46. The minimum atomic E-state index is -0.357. The molecule has 0 aromatic heterocycles. The lowest BCUT2D eigenvalue weighted by Gasteiger charge is -2.15. The molecule has 0 fully saturated rings. The Morgan fingerprint density at radius 2 is 1.74 bits per heavy atom. The second-order valence-corrected chi connectivity index (χ2v) is 7.58. The van der Waals surface area contributed by atoms with Crippen LogP contribution in [0.4, 0.5) is 5.69 Å². The maximum atomic E-state index is 13.2. The summed E-state index contributed by atoms with van der Waals surface area (Å²) in [7, 11) is 1.54. The van der Waals surface area contributed by atoms with E-state index in [1.807, 2.05) is 30.3 Å². The molecule has 164 valence electrons. The van der Waals surface area contributed by atoms with Crippen molar-refractivity contribution in [1.29, 1.82) is 0 Å². The van der Waals surface area contributed by atoms with Crippen LogP contribution in [-0.4, -0.2) is 43.6 Å². The molecule has 2 aromatic rings. The van der Waals surface area contributed by atoms with Crippen molar-refractivity contribution in [2.24, 2.45) is 0 Å². The average molecular weight is 443 g/mol. The van der Waals surface area contributed by atoms with Crippen LogP contribution >= 0.6 is 11.6 Å². The Balaban J connectivity index is 1.82. The number of benzene rings is 2. The molecule has 1 heterocycles. The van der Waals surface area contributed by atoms with Crippen molar-refractivity contribution in [2.75, 3.05) is 32.2 Å². The molecule has 0 spiro atoms. The van der Waals surface area contributed by atoms with Gasteiger partial charge in [0.15, 0.2) is 0 Å². The molecule has 0 atom stereocenters. The monoisotopic (exact) mass is 442 g/mol. The van der Waals surface area contributed by atoms with E-state index >= 15 is 0 Å². The van der Waals surface area contributed by atoms with Crippen LogP contribution in [0.15, 0.2) is 54.2 Å².